The lowest BCUT2D eigenvalue weighted by Gasteiger charge is -2.24. The third kappa shape index (κ3) is 3.02. The fourth-order valence-corrected chi connectivity index (χ4v) is 2.90. The number of rotatable bonds is 5. The van der Waals surface area contributed by atoms with E-state index in [1.165, 1.54) is 37.1 Å². The molecule has 2 rings (SSSR count). The Bertz CT molecular complexity index is 659. The minimum Gasteiger partial charge on any atom is -0.481 e. The number of carboxylic acids is 1. The summed E-state index contributed by atoms with van der Waals surface area (Å²) in [5, 5.41) is 20.4. The van der Waals surface area contributed by atoms with Crippen molar-refractivity contribution in [2.75, 3.05) is 26.8 Å². The van der Waals surface area contributed by atoms with E-state index < -0.39 is 22.2 Å². The van der Waals surface area contributed by atoms with Gasteiger partial charge >= 0.3 is 5.97 Å². The van der Waals surface area contributed by atoms with Crippen LogP contribution in [0.5, 0.6) is 0 Å². The fraction of sp³-hybridized carbons (Fsp3) is 0.467. The molecule has 8 nitrogen and oxygen atoms in total. The first-order chi connectivity index (χ1) is 10.8. The fourth-order valence-electron chi connectivity index (χ4n) is 2.90. The Kier molecular flexibility index (Phi) is 4.65. The van der Waals surface area contributed by atoms with E-state index in [1.807, 2.05) is 0 Å². The lowest BCUT2D eigenvalue weighted by atomic mass is 9.88. The van der Waals surface area contributed by atoms with Gasteiger partial charge in [-0.3, -0.25) is 19.7 Å². The molecule has 1 saturated heterocycles. The van der Waals surface area contributed by atoms with Gasteiger partial charge in [-0.15, -0.1) is 0 Å². The number of nitro benzene ring substituents is 1. The second-order valence-electron chi connectivity index (χ2n) is 5.70. The number of ether oxygens (including phenoxy) is 1. The second kappa shape index (κ2) is 6.33. The standard InChI is InChI=1S/C15H18N2O6/c1-10-11(4-3-5-12(10)17(21)22)13(18)16-7-6-15(8-16,9-23-2)14(19)20/h3-5H,6-9H2,1-2H3,(H,19,20). The highest BCUT2D eigenvalue weighted by Crippen LogP contribution is 2.33. The lowest BCUT2D eigenvalue weighted by molar-refractivity contribution is -0.385. The summed E-state index contributed by atoms with van der Waals surface area (Å²) in [6, 6.07) is 4.30. The van der Waals surface area contributed by atoms with Crippen LogP contribution in [0.4, 0.5) is 5.69 Å². The molecule has 1 aromatic carbocycles. The number of hydrogen-bond donors (Lipinski definition) is 1. The Morgan fingerprint density at radius 1 is 1.48 bits per heavy atom. The first-order valence-electron chi connectivity index (χ1n) is 7.08. The number of benzene rings is 1. The van der Waals surface area contributed by atoms with Gasteiger partial charge in [0.1, 0.15) is 5.41 Å². The molecular weight excluding hydrogens is 304 g/mol. The Labute approximate surface area is 132 Å². The van der Waals surface area contributed by atoms with Crippen LogP contribution in [0.15, 0.2) is 18.2 Å². The maximum atomic E-state index is 12.6. The summed E-state index contributed by atoms with van der Waals surface area (Å²) in [7, 11) is 1.42. The highest BCUT2D eigenvalue weighted by molar-refractivity contribution is 5.97. The van der Waals surface area contributed by atoms with Crippen LogP contribution in [0.25, 0.3) is 0 Å². The van der Waals surface area contributed by atoms with Crippen molar-refractivity contribution in [3.63, 3.8) is 0 Å². The van der Waals surface area contributed by atoms with E-state index in [0.717, 1.165) is 0 Å². The van der Waals surface area contributed by atoms with Crippen molar-refractivity contribution < 1.29 is 24.4 Å². The van der Waals surface area contributed by atoms with Gasteiger partial charge in [0.15, 0.2) is 0 Å². The maximum absolute atomic E-state index is 12.6. The largest absolute Gasteiger partial charge is 0.481 e. The minimum atomic E-state index is -1.13. The number of aliphatic carboxylic acids is 1. The smallest absolute Gasteiger partial charge is 0.313 e. The maximum Gasteiger partial charge on any atom is 0.313 e. The van der Waals surface area contributed by atoms with Gasteiger partial charge in [-0.05, 0) is 19.4 Å². The van der Waals surface area contributed by atoms with Gasteiger partial charge in [-0.25, -0.2) is 0 Å². The van der Waals surface area contributed by atoms with E-state index in [0.29, 0.717) is 0 Å². The SMILES string of the molecule is COCC1(C(=O)O)CCN(C(=O)c2cccc([N+](=O)[O-])c2C)C1. The zero-order valence-electron chi connectivity index (χ0n) is 12.9. The van der Waals surface area contributed by atoms with Crippen LogP contribution in [0, 0.1) is 22.5 Å². The molecule has 124 valence electrons. The van der Waals surface area contributed by atoms with Crippen LogP contribution < -0.4 is 0 Å². The molecular formula is C15H18N2O6. The van der Waals surface area contributed by atoms with E-state index >= 15 is 0 Å². The minimum absolute atomic E-state index is 0.0139. The number of amides is 1. The summed E-state index contributed by atoms with van der Waals surface area (Å²) in [5.74, 6) is -1.41. The van der Waals surface area contributed by atoms with Crippen molar-refractivity contribution >= 4 is 17.6 Å². The number of carbonyl (C=O) groups is 2. The van der Waals surface area contributed by atoms with Crippen molar-refractivity contribution in [1.29, 1.82) is 0 Å². The molecule has 0 aliphatic carbocycles. The molecule has 1 heterocycles. The number of hydrogen-bond acceptors (Lipinski definition) is 5. The Morgan fingerprint density at radius 2 is 2.17 bits per heavy atom. The number of nitrogens with zero attached hydrogens (tertiary/aromatic N) is 2. The van der Waals surface area contributed by atoms with Gasteiger partial charge in [0, 0.05) is 37.4 Å². The molecule has 1 unspecified atom stereocenters. The van der Waals surface area contributed by atoms with Crippen molar-refractivity contribution in [2.45, 2.75) is 13.3 Å². The van der Waals surface area contributed by atoms with Gasteiger partial charge in [0.25, 0.3) is 11.6 Å². The second-order valence-corrected chi connectivity index (χ2v) is 5.70. The van der Waals surface area contributed by atoms with E-state index in [4.69, 9.17) is 4.74 Å². The predicted octanol–water partition coefficient (Wildman–Crippen LogP) is 1.47. The summed E-state index contributed by atoms with van der Waals surface area (Å²) in [6.07, 6.45) is 0.288. The number of likely N-dealkylation sites (tertiary alicyclic amines) is 1. The van der Waals surface area contributed by atoms with E-state index in [-0.39, 0.29) is 42.9 Å². The highest BCUT2D eigenvalue weighted by Gasteiger charge is 2.46. The van der Waals surface area contributed by atoms with Crippen molar-refractivity contribution in [1.82, 2.24) is 4.90 Å². The average Bonchev–Trinajstić information content (AvgIpc) is 2.92. The molecule has 0 aromatic heterocycles. The molecule has 1 amide bonds. The Hall–Kier alpha value is -2.48. The molecule has 1 aliphatic heterocycles. The summed E-state index contributed by atoms with van der Waals surface area (Å²) in [5.41, 5.74) is -0.754. The van der Waals surface area contributed by atoms with E-state index in [2.05, 4.69) is 0 Å². The van der Waals surface area contributed by atoms with Crippen LogP contribution >= 0.6 is 0 Å². The summed E-state index contributed by atoms with van der Waals surface area (Å²) >= 11 is 0. The third-order valence-corrected chi connectivity index (χ3v) is 4.25. The van der Waals surface area contributed by atoms with Gasteiger partial charge < -0.3 is 14.7 Å². The Balaban J connectivity index is 2.28. The molecule has 0 spiro atoms. The molecule has 1 atom stereocenters. The van der Waals surface area contributed by atoms with Gasteiger partial charge in [0.05, 0.1) is 11.5 Å². The zero-order valence-corrected chi connectivity index (χ0v) is 12.9. The zero-order chi connectivity index (χ0) is 17.2. The summed E-state index contributed by atoms with van der Waals surface area (Å²) < 4.78 is 4.99. The summed E-state index contributed by atoms with van der Waals surface area (Å²) in [4.78, 5) is 36.0. The molecule has 0 saturated carbocycles. The van der Waals surface area contributed by atoms with Crippen LogP contribution in [0.2, 0.25) is 0 Å². The highest BCUT2D eigenvalue weighted by atomic mass is 16.6. The molecule has 1 N–H and O–H groups in total. The van der Waals surface area contributed by atoms with Crippen LogP contribution in [-0.2, 0) is 9.53 Å². The number of carbonyl (C=O) groups excluding carboxylic acids is 1. The number of methoxy groups -OCH3 is 1. The van der Waals surface area contributed by atoms with Crippen molar-refractivity contribution in [3.05, 3.63) is 39.4 Å². The number of carboxylic acid groups (broad SMARTS) is 1. The Morgan fingerprint density at radius 3 is 2.74 bits per heavy atom. The van der Waals surface area contributed by atoms with Crippen molar-refractivity contribution in [2.24, 2.45) is 5.41 Å². The van der Waals surface area contributed by atoms with Crippen LogP contribution in [0.3, 0.4) is 0 Å². The van der Waals surface area contributed by atoms with Gasteiger partial charge in [-0.1, -0.05) is 6.07 Å². The molecule has 1 aliphatic rings. The first-order valence-corrected chi connectivity index (χ1v) is 7.08. The molecule has 0 radical (unpaired) electrons. The predicted molar refractivity (Wildman–Crippen MR) is 80.3 cm³/mol. The van der Waals surface area contributed by atoms with Crippen molar-refractivity contribution in [3.8, 4) is 0 Å². The first kappa shape index (κ1) is 16.9. The van der Waals surface area contributed by atoms with E-state index in [9.17, 15) is 24.8 Å². The quantitative estimate of drug-likeness (QED) is 0.649. The molecule has 1 fully saturated rings. The monoisotopic (exact) mass is 322 g/mol. The van der Waals surface area contributed by atoms with E-state index in [1.54, 1.807) is 0 Å². The number of nitro groups is 1. The van der Waals surface area contributed by atoms with Gasteiger partial charge in [-0.2, -0.15) is 0 Å². The average molecular weight is 322 g/mol. The molecule has 8 heteroatoms. The van der Waals surface area contributed by atoms with Gasteiger partial charge in [0.2, 0.25) is 0 Å². The molecule has 1 aromatic rings. The molecule has 23 heavy (non-hydrogen) atoms. The van der Waals surface area contributed by atoms with Crippen LogP contribution in [-0.4, -0.2) is 53.6 Å². The molecule has 0 bridgehead atoms. The summed E-state index contributed by atoms with van der Waals surface area (Å²) in [6.45, 7) is 1.83. The third-order valence-electron chi connectivity index (χ3n) is 4.25. The topological polar surface area (TPSA) is 110 Å². The van der Waals surface area contributed by atoms with Crippen LogP contribution in [0.1, 0.15) is 22.3 Å². The lowest BCUT2D eigenvalue weighted by Crippen LogP contribution is -2.40. The normalized spacial score (nSPS) is 20.5.